The van der Waals surface area contributed by atoms with Crippen molar-refractivity contribution in [2.24, 2.45) is 4.99 Å². The first-order chi connectivity index (χ1) is 10.1. The molecule has 1 heterocycles. The van der Waals surface area contributed by atoms with Crippen LogP contribution in [0, 0.1) is 0 Å². The van der Waals surface area contributed by atoms with Crippen LogP contribution in [0.1, 0.15) is 11.1 Å². The normalized spacial score (nSPS) is 16.0. The summed E-state index contributed by atoms with van der Waals surface area (Å²) < 4.78 is 7.08. The zero-order valence-electron chi connectivity index (χ0n) is 10.7. The lowest BCUT2D eigenvalue weighted by Gasteiger charge is -1.98. The van der Waals surface area contributed by atoms with Crippen molar-refractivity contribution in [2.75, 3.05) is 0 Å². The van der Waals surface area contributed by atoms with Crippen LogP contribution in [-0.2, 0) is 9.53 Å². The van der Waals surface area contributed by atoms with Gasteiger partial charge in [-0.3, -0.25) is 0 Å². The summed E-state index contributed by atoms with van der Waals surface area (Å²) in [4.78, 5) is 16.2. The van der Waals surface area contributed by atoms with Gasteiger partial charge in [0.15, 0.2) is 5.70 Å². The van der Waals surface area contributed by atoms with Gasteiger partial charge in [-0.05, 0) is 42.0 Å². The van der Waals surface area contributed by atoms with Crippen LogP contribution in [0.2, 0.25) is 0 Å². The van der Waals surface area contributed by atoms with E-state index in [1.54, 1.807) is 6.08 Å². The lowest BCUT2D eigenvalue weighted by atomic mass is 10.2. The molecular weight excluding hydrogens is 398 g/mol. The number of ether oxygens (including phenoxy) is 1. The number of benzene rings is 2. The number of cyclic esters (lactones) is 1. The number of nitrogens with zero attached hydrogens (tertiary/aromatic N) is 1. The molecule has 0 amide bonds. The Morgan fingerprint density at radius 3 is 2.43 bits per heavy atom. The molecule has 0 saturated heterocycles. The lowest BCUT2D eigenvalue weighted by molar-refractivity contribution is -0.129. The quantitative estimate of drug-likeness (QED) is 0.541. The predicted molar refractivity (Wildman–Crippen MR) is 88.9 cm³/mol. The van der Waals surface area contributed by atoms with Gasteiger partial charge in [0.2, 0.25) is 5.90 Å². The van der Waals surface area contributed by atoms with Crippen molar-refractivity contribution in [3.8, 4) is 0 Å². The van der Waals surface area contributed by atoms with Crippen molar-refractivity contribution < 1.29 is 9.53 Å². The largest absolute Gasteiger partial charge is 0.402 e. The third-order valence-corrected chi connectivity index (χ3v) is 4.16. The summed E-state index contributed by atoms with van der Waals surface area (Å²) >= 11 is 6.81. The molecule has 3 rings (SSSR count). The molecule has 0 fully saturated rings. The Labute approximate surface area is 138 Å². The Hall–Kier alpha value is -1.72. The topological polar surface area (TPSA) is 38.7 Å². The summed E-state index contributed by atoms with van der Waals surface area (Å²) in [5.41, 5.74) is 1.94. The second kappa shape index (κ2) is 5.95. The highest BCUT2D eigenvalue weighted by Crippen LogP contribution is 2.23. The van der Waals surface area contributed by atoms with Crippen molar-refractivity contribution >= 4 is 49.8 Å². The SMILES string of the molecule is O=C1OC(c2ccc(Br)cc2)=N/C1=C\c1ccccc1Br. The number of carbonyl (C=O) groups is 1. The Morgan fingerprint density at radius 1 is 1.00 bits per heavy atom. The molecule has 2 aromatic carbocycles. The van der Waals surface area contributed by atoms with E-state index in [2.05, 4.69) is 36.9 Å². The van der Waals surface area contributed by atoms with Crippen LogP contribution in [0.3, 0.4) is 0 Å². The maximum Gasteiger partial charge on any atom is 0.363 e. The van der Waals surface area contributed by atoms with Gasteiger partial charge in [-0.25, -0.2) is 9.79 Å². The average Bonchev–Trinajstić information content (AvgIpc) is 2.83. The van der Waals surface area contributed by atoms with Gasteiger partial charge in [-0.1, -0.05) is 50.1 Å². The average molecular weight is 407 g/mol. The molecule has 0 unspecified atom stereocenters. The van der Waals surface area contributed by atoms with Gasteiger partial charge < -0.3 is 4.74 Å². The smallest absolute Gasteiger partial charge is 0.363 e. The first-order valence-electron chi connectivity index (χ1n) is 6.16. The Bertz CT molecular complexity index is 764. The fraction of sp³-hybridized carbons (Fsp3) is 0. The Morgan fingerprint density at radius 2 is 1.71 bits per heavy atom. The van der Waals surface area contributed by atoms with Crippen molar-refractivity contribution in [3.63, 3.8) is 0 Å². The van der Waals surface area contributed by atoms with Crippen LogP contribution in [-0.4, -0.2) is 11.9 Å². The second-order valence-corrected chi connectivity index (χ2v) is 6.13. The van der Waals surface area contributed by atoms with Gasteiger partial charge in [0, 0.05) is 14.5 Å². The van der Waals surface area contributed by atoms with Gasteiger partial charge in [-0.15, -0.1) is 0 Å². The first-order valence-corrected chi connectivity index (χ1v) is 7.75. The van der Waals surface area contributed by atoms with E-state index in [4.69, 9.17) is 4.74 Å². The van der Waals surface area contributed by atoms with Crippen LogP contribution >= 0.6 is 31.9 Å². The van der Waals surface area contributed by atoms with E-state index in [9.17, 15) is 4.79 Å². The summed E-state index contributed by atoms with van der Waals surface area (Å²) in [5, 5.41) is 0. The molecule has 0 aliphatic carbocycles. The molecule has 1 aliphatic rings. The minimum absolute atomic E-state index is 0.291. The van der Waals surface area contributed by atoms with E-state index in [0.717, 1.165) is 20.1 Å². The van der Waals surface area contributed by atoms with E-state index in [1.165, 1.54) is 0 Å². The van der Waals surface area contributed by atoms with Crippen LogP contribution in [0.4, 0.5) is 0 Å². The molecule has 0 spiro atoms. The molecule has 0 aromatic heterocycles. The third-order valence-electron chi connectivity index (χ3n) is 2.91. The highest BCUT2D eigenvalue weighted by Gasteiger charge is 2.24. The molecule has 2 aromatic rings. The van der Waals surface area contributed by atoms with Crippen LogP contribution < -0.4 is 0 Å². The molecular formula is C16H9Br2NO2. The summed E-state index contributed by atoms with van der Waals surface area (Å²) in [6, 6.07) is 15.1. The third kappa shape index (κ3) is 3.14. The van der Waals surface area contributed by atoms with Crippen LogP contribution in [0.25, 0.3) is 6.08 Å². The number of hydrogen-bond acceptors (Lipinski definition) is 3. The number of halogens is 2. The minimum Gasteiger partial charge on any atom is -0.402 e. The molecule has 0 saturated carbocycles. The van der Waals surface area contributed by atoms with Crippen molar-refractivity contribution in [3.05, 3.63) is 74.3 Å². The van der Waals surface area contributed by atoms with E-state index in [-0.39, 0.29) is 0 Å². The molecule has 5 heteroatoms. The van der Waals surface area contributed by atoms with Gasteiger partial charge in [-0.2, -0.15) is 0 Å². The Kier molecular flexibility index (Phi) is 4.03. The highest BCUT2D eigenvalue weighted by atomic mass is 79.9. The molecule has 3 nitrogen and oxygen atoms in total. The molecule has 0 bridgehead atoms. The van der Waals surface area contributed by atoms with Crippen molar-refractivity contribution in [1.82, 2.24) is 0 Å². The Balaban J connectivity index is 1.96. The minimum atomic E-state index is -0.441. The zero-order chi connectivity index (χ0) is 14.8. The van der Waals surface area contributed by atoms with Gasteiger partial charge >= 0.3 is 5.97 Å². The number of carbonyl (C=O) groups excluding carboxylic acids is 1. The number of aliphatic imine (C=N–C) groups is 1. The van der Waals surface area contributed by atoms with Crippen molar-refractivity contribution in [2.45, 2.75) is 0 Å². The van der Waals surface area contributed by atoms with Gasteiger partial charge in [0.05, 0.1) is 0 Å². The molecule has 0 atom stereocenters. The van der Waals surface area contributed by atoms with Gasteiger partial charge in [0.25, 0.3) is 0 Å². The maximum atomic E-state index is 11.9. The highest BCUT2D eigenvalue weighted by molar-refractivity contribution is 9.10. The lowest BCUT2D eigenvalue weighted by Crippen LogP contribution is -2.05. The maximum absolute atomic E-state index is 11.9. The van der Waals surface area contributed by atoms with E-state index in [0.29, 0.717) is 11.6 Å². The first kappa shape index (κ1) is 14.2. The van der Waals surface area contributed by atoms with Crippen LogP contribution in [0.15, 0.2) is 68.2 Å². The van der Waals surface area contributed by atoms with E-state index >= 15 is 0 Å². The standard InChI is InChI=1S/C16H9Br2NO2/c17-12-7-5-10(6-8-12)15-19-14(16(20)21-15)9-11-3-1-2-4-13(11)18/h1-9H/b14-9-. The van der Waals surface area contributed by atoms with E-state index in [1.807, 2.05) is 48.5 Å². The van der Waals surface area contributed by atoms with E-state index < -0.39 is 5.97 Å². The van der Waals surface area contributed by atoms with Crippen LogP contribution in [0.5, 0.6) is 0 Å². The molecule has 21 heavy (non-hydrogen) atoms. The fourth-order valence-corrected chi connectivity index (χ4v) is 2.53. The molecule has 1 aliphatic heterocycles. The predicted octanol–water partition coefficient (Wildman–Crippen LogP) is 4.56. The zero-order valence-corrected chi connectivity index (χ0v) is 13.9. The molecule has 0 N–H and O–H groups in total. The summed E-state index contributed by atoms with van der Waals surface area (Å²) in [6.45, 7) is 0. The van der Waals surface area contributed by atoms with Gasteiger partial charge in [0.1, 0.15) is 0 Å². The van der Waals surface area contributed by atoms with Crippen molar-refractivity contribution in [1.29, 1.82) is 0 Å². The number of rotatable bonds is 2. The molecule has 104 valence electrons. The molecule has 0 radical (unpaired) electrons. The monoisotopic (exact) mass is 405 g/mol. The second-order valence-electron chi connectivity index (χ2n) is 4.36. The fourth-order valence-electron chi connectivity index (χ4n) is 1.86. The number of hydrogen-bond donors (Lipinski definition) is 0. The number of esters is 1. The summed E-state index contributed by atoms with van der Waals surface area (Å²) in [6.07, 6.45) is 1.71. The summed E-state index contributed by atoms with van der Waals surface area (Å²) in [7, 11) is 0. The summed E-state index contributed by atoms with van der Waals surface area (Å²) in [5.74, 6) is -0.116.